The monoisotopic (exact) mass is 308 g/mol. The lowest BCUT2D eigenvalue weighted by Gasteiger charge is -2.30. The molecule has 1 heteroatoms. The number of fused-ring (bicyclic) bond motifs is 1. The van der Waals surface area contributed by atoms with E-state index in [0.717, 1.165) is 0 Å². The molecule has 124 valence electrons. The van der Waals surface area contributed by atoms with Gasteiger partial charge < -0.3 is 0 Å². The van der Waals surface area contributed by atoms with Crippen LogP contribution < -0.4 is 0 Å². The Bertz CT molecular complexity index is 631. The van der Waals surface area contributed by atoms with Gasteiger partial charge in [0.15, 0.2) is 0 Å². The van der Waals surface area contributed by atoms with Gasteiger partial charge in [0.05, 0.1) is 0 Å². The van der Waals surface area contributed by atoms with Crippen LogP contribution in [0.2, 0.25) is 0 Å². The molecule has 2 aromatic carbocycles. The van der Waals surface area contributed by atoms with Crippen molar-refractivity contribution in [3.05, 3.63) is 47.5 Å². The Morgan fingerprint density at radius 3 is 2.30 bits per heavy atom. The molecule has 2 aromatic rings. The van der Waals surface area contributed by atoms with E-state index in [-0.39, 0.29) is 0 Å². The molecule has 2 rings (SSSR count). The third-order valence-electron chi connectivity index (χ3n) is 5.71. The second-order valence-electron chi connectivity index (χ2n) is 7.46. The topological polar surface area (TPSA) is 0 Å². The van der Waals surface area contributed by atoms with E-state index in [9.17, 15) is 0 Å². The molecule has 0 N–H and O–H groups in total. The van der Waals surface area contributed by atoms with E-state index in [2.05, 4.69) is 71.9 Å². The first-order chi connectivity index (χ1) is 11.1. The van der Waals surface area contributed by atoms with Gasteiger partial charge in [-0.05, 0) is 39.6 Å². The fraction of sp³-hybridized carbons (Fsp3) is 0.545. The van der Waals surface area contributed by atoms with E-state index in [1.54, 1.807) is 5.56 Å². The van der Waals surface area contributed by atoms with Gasteiger partial charge in [-0.1, -0.05) is 96.2 Å². The van der Waals surface area contributed by atoms with Crippen LogP contribution in [0.25, 0.3) is 10.8 Å². The van der Waals surface area contributed by atoms with Crippen molar-refractivity contribution in [3.63, 3.8) is 0 Å². The maximum atomic E-state index is 2.44. The molecule has 0 bridgehead atoms. The standard InChI is InChI=1S/C22H33B/c1-5-8-11-17(4)18-12-9-14-20-19(18)13-10-15-21(20)22(23,7-3)16-6-2/h9-10,12-15,17H,5-8,11,16,23H2,1-4H3/t17-,22?/m0/s1. The highest BCUT2D eigenvalue weighted by atomic mass is 14.3. The Morgan fingerprint density at radius 2 is 1.65 bits per heavy atom. The lowest BCUT2D eigenvalue weighted by atomic mass is 9.59. The molecule has 0 saturated heterocycles. The van der Waals surface area contributed by atoms with Gasteiger partial charge in [0.25, 0.3) is 0 Å². The maximum Gasteiger partial charge on any atom is 0.115 e. The summed E-state index contributed by atoms with van der Waals surface area (Å²) >= 11 is 0. The van der Waals surface area contributed by atoms with E-state index in [1.165, 1.54) is 54.9 Å². The van der Waals surface area contributed by atoms with Gasteiger partial charge in [0.1, 0.15) is 7.85 Å². The fourth-order valence-electron chi connectivity index (χ4n) is 4.01. The van der Waals surface area contributed by atoms with Gasteiger partial charge in [-0.15, -0.1) is 0 Å². The summed E-state index contributed by atoms with van der Waals surface area (Å²) in [6.07, 6.45) is 7.60. The van der Waals surface area contributed by atoms with Gasteiger partial charge in [-0.2, -0.15) is 0 Å². The highest BCUT2D eigenvalue weighted by Gasteiger charge is 2.25. The number of hydrogen-bond donors (Lipinski definition) is 0. The molecule has 0 aliphatic rings. The first-order valence-corrected chi connectivity index (χ1v) is 9.59. The van der Waals surface area contributed by atoms with Gasteiger partial charge in [-0.25, -0.2) is 0 Å². The largest absolute Gasteiger partial charge is 0.115 e. The van der Waals surface area contributed by atoms with Crippen LogP contribution in [0, 0.1) is 0 Å². The molecule has 0 aliphatic heterocycles. The van der Waals surface area contributed by atoms with Crippen LogP contribution in [-0.4, -0.2) is 7.85 Å². The predicted molar refractivity (Wildman–Crippen MR) is 107 cm³/mol. The second kappa shape index (κ2) is 8.04. The average Bonchev–Trinajstić information content (AvgIpc) is 2.58. The molecule has 1 unspecified atom stereocenters. The minimum absolute atomic E-state index is 0.291. The van der Waals surface area contributed by atoms with Crippen molar-refractivity contribution in [1.29, 1.82) is 0 Å². The molecule has 2 atom stereocenters. The quantitative estimate of drug-likeness (QED) is 0.511. The third kappa shape index (κ3) is 3.82. The number of unbranched alkanes of at least 4 members (excludes halogenated alkanes) is 1. The zero-order valence-electron chi connectivity index (χ0n) is 15.8. The number of rotatable bonds is 8. The fourth-order valence-corrected chi connectivity index (χ4v) is 4.01. The molecule has 0 nitrogen and oxygen atoms in total. The van der Waals surface area contributed by atoms with Crippen molar-refractivity contribution in [2.45, 2.75) is 77.5 Å². The van der Waals surface area contributed by atoms with Crippen molar-refractivity contribution < 1.29 is 0 Å². The Hall–Kier alpha value is -1.24. The summed E-state index contributed by atoms with van der Waals surface area (Å²) in [4.78, 5) is 0. The van der Waals surface area contributed by atoms with Crippen molar-refractivity contribution in [2.75, 3.05) is 0 Å². The normalized spacial score (nSPS) is 15.5. The zero-order valence-corrected chi connectivity index (χ0v) is 15.8. The van der Waals surface area contributed by atoms with E-state index >= 15 is 0 Å². The molecule has 0 amide bonds. The molecular weight excluding hydrogens is 275 g/mol. The number of benzene rings is 2. The van der Waals surface area contributed by atoms with Gasteiger partial charge in [0.2, 0.25) is 0 Å². The molecule has 0 saturated carbocycles. The van der Waals surface area contributed by atoms with Crippen molar-refractivity contribution in [1.82, 2.24) is 0 Å². The van der Waals surface area contributed by atoms with Crippen LogP contribution in [0.3, 0.4) is 0 Å². The molecule has 0 aliphatic carbocycles. The molecule has 0 aromatic heterocycles. The van der Waals surface area contributed by atoms with Crippen LogP contribution in [0.5, 0.6) is 0 Å². The second-order valence-corrected chi connectivity index (χ2v) is 7.46. The van der Waals surface area contributed by atoms with Crippen molar-refractivity contribution >= 4 is 18.6 Å². The highest BCUT2D eigenvalue weighted by Crippen LogP contribution is 2.37. The predicted octanol–water partition coefficient (Wildman–Crippen LogP) is 6.17. The van der Waals surface area contributed by atoms with Crippen molar-refractivity contribution in [2.24, 2.45) is 0 Å². The minimum atomic E-state index is 0.291. The molecule has 0 radical (unpaired) electrons. The lowest BCUT2D eigenvalue weighted by molar-refractivity contribution is 0.531. The Kier molecular flexibility index (Phi) is 6.33. The van der Waals surface area contributed by atoms with Crippen molar-refractivity contribution in [3.8, 4) is 0 Å². The molecule has 0 heterocycles. The summed E-state index contributed by atoms with van der Waals surface area (Å²) in [6, 6.07) is 13.9. The average molecular weight is 308 g/mol. The van der Waals surface area contributed by atoms with E-state index in [0.29, 0.717) is 11.2 Å². The smallest absolute Gasteiger partial charge is 0.0654 e. The van der Waals surface area contributed by atoms with E-state index in [1.807, 2.05) is 0 Å². The highest BCUT2D eigenvalue weighted by molar-refractivity contribution is 6.17. The van der Waals surface area contributed by atoms with Crippen LogP contribution in [0.4, 0.5) is 0 Å². The van der Waals surface area contributed by atoms with Gasteiger partial charge in [-0.3, -0.25) is 0 Å². The molecule has 23 heavy (non-hydrogen) atoms. The van der Waals surface area contributed by atoms with Crippen LogP contribution >= 0.6 is 0 Å². The Labute approximate surface area is 144 Å². The molecule has 0 spiro atoms. The summed E-state index contributed by atoms with van der Waals surface area (Å²) < 4.78 is 0. The number of hydrogen-bond acceptors (Lipinski definition) is 0. The summed E-state index contributed by atoms with van der Waals surface area (Å²) in [7, 11) is 2.44. The Balaban J connectivity index is 2.54. The van der Waals surface area contributed by atoms with Crippen LogP contribution in [0.15, 0.2) is 36.4 Å². The first-order valence-electron chi connectivity index (χ1n) is 9.59. The van der Waals surface area contributed by atoms with Gasteiger partial charge in [0, 0.05) is 0 Å². The summed E-state index contributed by atoms with van der Waals surface area (Å²) in [6.45, 7) is 9.31. The summed E-state index contributed by atoms with van der Waals surface area (Å²) in [5, 5.41) is 3.25. The Morgan fingerprint density at radius 1 is 0.957 bits per heavy atom. The maximum absolute atomic E-state index is 2.44. The zero-order chi connectivity index (χ0) is 16.9. The van der Waals surface area contributed by atoms with Crippen LogP contribution in [-0.2, 0) is 5.31 Å². The third-order valence-corrected chi connectivity index (χ3v) is 5.71. The lowest BCUT2D eigenvalue weighted by Crippen LogP contribution is -2.25. The molecule has 0 fully saturated rings. The summed E-state index contributed by atoms with van der Waals surface area (Å²) in [5.41, 5.74) is 3.08. The first kappa shape index (κ1) is 18.1. The SMILES string of the molecule is BC(CC)(CCC)c1cccc2c([C@@H](C)CCCC)cccc12. The van der Waals surface area contributed by atoms with Crippen LogP contribution in [0.1, 0.15) is 83.3 Å². The molecular formula is C22H33B. The van der Waals surface area contributed by atoms with E-state index < -0.39 is 0 Å². The minimum Gasteiger partial charge on any atom is -0.0654 e. The summed E-state index contributed by atoms with van der Waals surface area (Å²) in [5.74, 6) is 0.646. The van der Waals surface area contributed by atoms with E-state index in [4.69, 9.17) is 0 Å². The van der Waals surface area contributed by atoms with Gasteiger partial charge >= 0.3 is 0 Å².